The molecular formula is C14H17Cl2N. The van der Waals surface area contributed by atoms with Crippen LogP contribution in [0.4, 0.5) is 0 Å². The minimum atomic E-state index is 0.300. The number of rotatable bonds is 3. The molecule has 2 fully saturated rings. The maximum Gasteiger partial charge on any atom is 0.0439 e. The molecule has 1 nitrogen and oxygen atoms in total. The van der Waals surface area contributed by atoms with Gasteiger partial charge in [-0.05, 0) is 68.3 Å². The van der Waals surface area contributed by atoms with E-state index in [9.17, 15) is 0 Å². The third-order valence-electron chi connectivity index (χ3n) is 4.15. The van der Waals surface area contributed by atoms with Crippen LogP contribution in [-0.2, 0) is 6.42 Å². The van der Waals surface area contributed by atoms with Crippen molar-refractivity contribution in [2.75, 3.05) is 6.54 Å². The van der Waals surface area contributed by atoms with Crippen LogP contribution in [0.15, 0.2) is 18.2 Å². The zero-order valence-electron chi connectivity index (χ0n) is 9.81. The first-order valence-electron chi connectivity index (χ1n) is 6.39. The van der Waals surface area contributed by atoms with Crippen LogP contribution in [0.1, 0.15) is 31.2 Å². The number of nitrogens with one attached hydrogen (secondary N) is 1. The molecule has 1 aliphatic carbocycles. The molecule has 0 amide bonds. The average Bonchev–Trinajstić information content (AvgIpc) is 3.07. The summed E-state index contributed by atoms with van der Waals surface area (Å²) in [5, 5.41) is 5.36. The Labute approximate surface area is 112 Å². The minimum Gasteiger partial charge on any atom is -0.311 e. The van der Waals surface area contributed by atoms with Gasteiger partial charge in [0.1, 0.15) is 0 Å². The van der Waals surface area contributed by atoms with E-state index in [1.165, 1.54) is 31.2 Å². The standard InChI is InChI=1S/C14H17Cl2N/c15-12-4-5-13(16)10(8-12)9-14(11-2-3-11)6-1-7-17-14/h4-5,8,11,17H,1-3,6-7,9H2. The van der Waals surface area contributed by atoms with Crippen LogP contribution in [0.25, 0.3) is 0 Å². The van der Waals surface area contributed by atoms with Crippen molar-refractivity contribution in [3.63, 3.8) is 0 Å². The Bertz CT molecular complexity index is 420. The van der Waals surface area contributed by atoms with E-state index in [1.807, 2.05) is 18.2 Å². The van der Waals surface area contributed by atoms with E-state index in [-0.39, 0.29) is 0 Å². The van der Waals surface area contributed by atoms with Crippen molar-refractivity contribution in [3.05, 3.63) is 33.8 Å². The third-order valence-corrected chi connectivity index (χ3v) is 4.75. The highest BCUT2D eigenvalue weighted by molar-refractivity contribution is 6.33. The molecule has 1 aromatic carbocycles. The third kappa shape index (κ3) is 2.33. The van der Waals surface area contributed by atoms with Gasteiger partial charge in [0.25, 0.3) is 0 Å². The second-order valence-corrected chi connectivity index (χ2v) is 6.22. The van der Waals surface area contributed by atoms with Crippen LogP contribution in [0.5, 0.6) is 0 Å². The molecule has 0 aromatic heterocycles. The lowest BCUT2D eigenvalue weighted by Gasteiger charge is -2.30. The van der Waals surface area contributed by atoms with Gasteiger partial charge in [0, 0.05) is 15.6 Å². The summed E-state index contributed by atoms with van der Waals surface area (Å²) in [6.07, 6.45) is 6.32. The van der Waals surface area contributed by atoms with Crippen molar-refractivity contribution in [1.82, 2.24) is 5.32 Å². The molecule has 0 bridgehead atoms. The van der Waals surface area contributed by atoms with E-state index in [4.69, 9.17) is 23.2 Å². The Balaban J connectivity index is 1.87. The predicted octanol–water partition coefficient (Wildman–Crippen LogP) is 4.07. The molecule has 0 spiro atoms. The van der Waals surface area contributed by atoms with Gasteiger partial charge in [-0.2, -0.15) is 0 Å². The van der Waals surface area contributed by atoms with Gasteiger partial charge >= 0.3 is 0 Å². The van der Waals surface area contributed by atoms with Gasteiger partial charge in [0.15, 0.2) is 0 Å². The molecule has 1 atom stereocenters. The summed E-state index contributed by atoms with van der Waals surface area (Å²) in [7, 11) is 0. The van der Waals surface area contributed by atoms with Crippen LogP contribution in [0.3, 0.4) is 0 Å². The fourth-order valence-electron chi connectivity index (χ4n) is 3.13. The maximum atomic E-state index is 6.28. The summed E-state index contributed by atoms with van der Waals surface area (Å²) in [6, 6.07) is 5.79. The van der Waals surface area contributed by atoms with Crippen LogP contribution >= 0.6 is 23.2 Å². The summed E-state index contributed by atoms with van der Waals surface area (Å²) in [6.45, 7) is 1.15. The van der Waals surface area contributed by atoms with Gasteiger partial charge in [0.2, 0.25) is 0 Å². The fourth-order valence-corrected chi connectivity index (χ4v) is 3.51. The van der Waals surface area contributed by atoms with Crippen molar-refractivity contribution < 1.29 is 0 Å². The smallest absolute Gasteiger partial charge is 0.0439 e. The fraction of sp³-hybridized carbons (Fsp3) is 0.571. The Morgan fingerprint density at radius 2 is 2.12 bits per heavy atom. The Morgan fingerprint density at radius 1 is 1.29 bits per heavy atom. The highest BCUT2D eigenvalue weighted by Gasteiger charge is 2.46. The lowest BCUT2D eigenvalue weighted by molar-refractivity contribution is 0.323. The molecule has 1 saturated carbocycles. The van der Waals surface area contributed by atoms with E-state index in [1.54, 1.807) is 0 Å². The Morgan fingerprint density at radius 3 is 2.76 bits per heavy atom. The summed E-state index contributed by atoms with van der Waals surface area (Å²) >= 11 is 12.3. The molecule has 0 radical (unpaired) electrons. The predicted molar refractivity (Wildman–Crippen MR) is 72.9 cm³/mol. The number of hydrogen-bond donors (Lipinski definition) is 1. The largest absolute Gasteiger partial charge is 0.311 e. The maximum absolute atomic E-state index is 6.28. The zero-order valence-corrected chi connectivity index (χ0v) is 11.3. The molecule has 3 heteroatoms. The van der Waals surface area contributed by atoms with Crippen molar-refractivity contribution in [3.8, 4) is 0 Å². The molecule has 3 rings (SSSR count). The highest BCUT2D eigenvalue weighted by Crippen LogP contribution is 2.46. The van der Waals surface area contributed by atoms with Crippen LogP contribution < -0.4 is 5.32 Å². The first-order chi connectivity index (χ1) is 8.20. The SMILES string of the molecule is Clc1ccc(Cl)c(CC2(C3CC3)CCCN2)c1. The second kappa shape index (κ2) is 4.46. The van der Waals surface area contributed by atoms with Crippen molar-refractivity contribution in [2.24, 2.45) is 5.92 Å². The average molecular weight is 270 g/mol. The molecule has 1 N–H and O–H groups in total. The van der Waals surface area contributed by atoms with Crippen molar-refractivity contribution >= 4 is 23.2 Å². The Kier molecular flexibility index (Phi) is 3.10. The highest BCUT2D eigenvalue weighted by atomic mass is 35.5. The molecule has 17 heavy (non-hydrogen) atoms. The lowest BCUT2D eigenvalue weighted by atomic mass is 9.84. The monoisotopic (exact) mass is 269 g/mol. The summed E-state index contributed by atoms with van der Waals surface area (Å²) in [5.41, 5.74) is 1.49. The molecule has 1 heterocycles. The topological polar surface area (TPSA) is 12.0 Å². The molecule has 1 aliphatic heterocycles. The van der Waals surface area contributed by atoms with E-state index in [0.29, 0.717) is 5.54 Å². The van der Waals surface area contributed by atoms with Gasteiger partial charge in [-0.15, -0.1) is 0 Å². The van der Waals surface area contributed by atoms with Gasteiger partial charge in [0.05, 0.1) is 0 Å². The first kappa shape index (κ1) is 11.8. The van der Waals surface area contributed by atoms with E-state index in [2.05, 4.69) is 5.32 Å². The van der Waals surface area contributed by atoms with Crippen LogP contribution in [0, 0.1) is 5.92 Å². The van der Waals surface area contributed by atoms with Gasteiger partial charge < -0.3 is 5.32 Å². The Hall–Kier alpha value is -0.240. The second-order valence-electron chi connectivity index (χ2n) is 5.37. The van der Waals surface area contributed by atoms with E-state index >= 15 is 0 Å². The molecule has 2 aliphatic rings. The zero-order chi connectivity index (χ0) is 11.9. The van der Waals surface area contributed by atoms with Gasteiger partial charge in [-0.1, -0.05) is 23.2 Å². The molecule has 1 saturated heterocycles. The van der Waals surface area contributed by atoms with E-state index < -0.39 is 0 Å². The van der Waals surface area contributed by atoms with Gasteiger partial charge in [-0.25, -0.2) is 0 Å². The quantitative estimate of drug-likeness (QED) is 0.873. The van der Waals surface area contributed by atoms with Crippen molar-refractivity contribution in [2.45, 2.75) is 37.6 Å². The number of benzene rings is 1. The molecule has 1 unspecified atom stereocenters. The molecule has 92 valence electrons. The first-order valence-corrected chi connectivity index (χ1v) is 7.14. The van der Waals surface area contributed by atoms with Crippen LogP contribution in [0.2, 0.25) is 10.0 Å². The normalized spacial score (nSPS) is 28.6. The summed E-state index contributed by atoms with van der Waals surface area (Å²) < 4.78 is 0. The van der Waals surface area contributed by atoms with E-state index in [0.717, 1.165) is 28.9 Å². The number of hydrogen-bond acceptors (Lipinski definition) is 1. The van der Waals surface area contributed by atoms with Gasteiger partial charge in [-0.3, -0.25) is 0 Å². The van der Waals surface area contributed by atoms with Crippen molar-refractivity contribution in [1.29, 1.82) is 0 Å². The lowest BCUT2D eigenvalue weighted by Crippen LogP contribution is -2.44. The summed E-state index contributed by atoms with van der Waals surface area (Å²) in [5.74, 6) is 0.847. The molecule has 1 aromatic rings. The molecular weight excluding hydrogens is 253 g/mol. The number of halogens is 2. The van der Waals surface area contributed by atoms with Crippen LogP contribution in [-0.4, -0.2) is 12.1 Å². The minimum absolute atomic E-state index is 0.300. The summed E-state index contributed by atoms with van der Waals surface area (Å²) in [4.78, 5) is 0.